The minimum Gasteiger partial charge on any atom is -0.507 e. The first-order valence-electron chi connectivity index (χ1n) is 10.7. The molecule has 0 bridgehead atoms. The van der Waals surface area contributed by atoms with Crippen molar-refractivity contribution < 1.29 is 28.9 Å². The number of amides is 1. The number of benzene rings is 2. The molecular formula is C25H29NO6. The number of ether oxygens (including phenoxy) is 3. The van der Waals surface area contributed by atoms with Crippen LogP contribution in [0.2, 0.25) is 0 Å². The molecule has 1 atom stereocenters. The summed E-state index contributed by atoms with van der Waals surface area (Å²) in [5.74, 6) is -0.322. The number of nitrogens with zero attached hydrogens (tertiary/aromatic N) is 1. The monoisotopic (exact) mass is 439 g/mol. The Balaban J connectivity index is 2.08. The van der Waals surface area contributed by atoms with E-state index in [1.54, 1.807) is 30.3 Å². The number of carbonyl (C=O) groups is 2. The van der Waals surface area contributed by atoms with Crippen molar-refractivity contribution in [3.05, 3.63) is 65.2 Å². The lowest BCUT2D eigenvalue weighted by Gasteiger charge is -2.25. The van der Waals surface area contributed by atoms with Crippen molar-refractivity contribution in [3.63, 3.8) is 0 Å². The molecule has 1 fully saturated rings. The Bertz CT molecular complexity index is 982. The molecule has 1 amide bonds. The summed E-state index contributed by atoms with van der Waals surface area (Å²) in [6.07, 6.45) is 0.855. The maximum atomic E-state index is 13.0. The highest BCUT2D eigenvalue weighted by atomic mass is 16.5. The van der Waals surface area contributed by atoms with Crippen LogP contribution in [-0.4, -0.2) is 55.2 Å². The highest BCUT2D eigenvalue weighted by Gasteiger charge is 2.46. The van der Waals surface area contributed by atoms with E-state index >= 15 is 0 Å². The number of ketones is 1. The molecule has 1 saturated heterocycles. The average Bonchev–Trinajstić information content (AvgIpc) is 3.06. The summed E-state index contributed by atoms with van der Waals surface area (Å²) in [6.45, 7) is 5.45. The second kappa shape index (κ2) is 10.8. The minimum absolute atomic E-state index is 0.0444. The van der Waals surface area contributed by atoms with Crippen LogP contribution in [0.15, 0.2) is 54.1 Å². The van der Waals surface area contributed by atoms with Gasteiger partial charge in [-0.25, -0.2) is 0 Å². The lowest BCUT2D eigenvalue weighted by atomic mass is 9.95. The number of Topliss-reactive ketones (excluding diaryl/α,β-unsaturated/α-hetero) is 1. The first-order chi connectivity index (χ1) is 15.5. The maximum absolute atomic E-state index is 13.0. The van der Waals surface area contributed by atoms with Crippen LogP contribution in [0.25, 0.3) is 5.76 Å². The normalized spacial score (nSPS) is 17.6. The minimum atomic E-state index is -0.748. The standard InChI is InChI=1S/C25H29NO6/c1-4-14-32-20-8-6-7-18(16-20)22-21(24(28)25(29)26(22)13-15-30-3)23(27)17-9-11-19(12-10-17)31-5-2/h6-12,16,22,27H,4-5,13-15H2,1-3H3/b23-21-. The molecule has 170 valence electrons. The second-order valence-corrected chi connectivity index (χ2v) is 7.36. The van der Waals surface area contributed by atoms with Gasteiger partial charge in [0.15, 0.2) is 0 Å². The van der Waals surface area contributed by atoms with Crippen LogP contribution >= 0.6 is 0 Å². The second-order valence-electron chi connectivity index (χ2n) is 7.36. The van der Waals surface area contributed by atoms with Crippen LogP contribution in [0.3, 0.4) is 0 Å². The Hall–Kier alpha value is -3.32. The van der Waals surface area contributed by atoms with Crippen molar-refractivity contribution in [3.8, 4) is 11.5 Å². The molecule has 0 aliphatic carbocycles. The number of hydrogen-bond acceptors (Lipinski definition) is 6. The van der Waals surface area contributed by atoms with Crippen LogP contribution in [0.4, 0.5) is 0 Å². The molecule has 1 unspecified atom stereocenters. The van der Waals surface area contributed by atoms with Gasteiger partial charge in [0, 0.05) is 19.2 Å². The Morgan fingerprint density at radius 1 is 1.00 bits per heavy atom. The molecule has 1 heterocycles. The van der Waals surface area contributed by atoms with E-state index in [0.29, 0.717) is 35.8 Å². The molecule has 1 N–H and O–H groups in total. The van der Waals surface area contributed by atoms with E-state index in [0.717, 1.165) is 6.42 Å². The molecule has 32 heavy (non-hydrogen) atoms. The number of carbonyl (C=O) groups excluding carboxylic acids is 2. The van der Waals surface area contributed by atoms with Gasteiger partial charge in [0.1, 0.15) is 17.3 Å². The summed E-state index contributed by atoms with van der Waals surface area (Å²) < 4.78 is 16.3. The third-order valence-electron chi connectivity index (χ3n) is 5.16. The molecule has 0 aromatic heterocycles. The van der Waals surface area contributed by atoms with Crippen molar-refractivity contribution >= 4 is 17.4 Å². The summed E-state index contributed by atoms with van der Waals surface area (Å²) in [5.41, 5.74) is 1.16. The van der Waals surface area contributed by atoms with Gasteiger partial charge in [-0.3, -0.25) is 9.59 Å². The van der Waals surface area contributed by atoms with Crippen LogP contribution in [0, 0.1) is 0 Å². The number of likely N-dealkylation sites (tertiary alicyclic amines) is 1. The first-order valence-corrected chi connectivity index (χ1v) is 10.7. The molecule has 3 rings (SSSR count). The number of aliphatic hydroxyl groups is 1. The number of aliphatic hydroxyl groups excluding tert-OH is 1. The van der Waals surface area contributed by atoms with Gasteiger partial charge < -0.3 is 24.2 Å². The van der Waals surface area contributed by atoms with Gasteiger partial charge >= 0.3 is 0 Å². The van der Waals surface area contributed by atoms with E-state index in [-0.39, 0.29) is 24.5 Å². The Morgan fingerprint density at radius 2 is 1.75 bits per heavy atom. The zero-order valence-electron chi connectivity index (χ0n) is 18.7. The predicted octanol–water partition coefficient (Wildman–Crippen LogP) is 3.94. The topological polar surface area (TPSA) is 85.3 Å². The zero-order chi connectivity index (χ0) is 23.1. The van der Waals surface area contributed by atoms with E-state index in [4.69, 9.17) is 14.2 Å². The molecule has 0 saturated carbocycles. The molecule has 2 aromatic carbocycles. The van der Waals surface area contributed by atoms with Crippen LogP contribution < -0.4 is 9.47 Å². The molecule has 0 spiro atoms. The van der Waals surface area contributed by atoms with Crippen molar-refractivity contribution in [1.29, 1.82) is 0 Å². The van der Waals surface area contributed by atoms with Gasteiger partial charge in [0.2, 0.25) is 0 Å². The Kier molecular flexibility index (Phi) is 7.89. The third kappa shape index (κ3) is 4.94. The lowest BCUT2D eigenvalue weighted by Crippen LogP contribution is -2.32. The first kappa shape index (κ1) is 23.3. The number of hydrogen-bond donors (Lipinski definition) is 1. The highest BCUT2D eigenvalue weighted by Crippen LogP contribution is 2.40. The highest BCUT2D eigenvalue weighted by molar-refractivity contribution is 6.46. The number of rotatable bonds is 10. The Labute approximate surface area is 188 Å². The summed E-state index contributed by atoms with van der Waals surface area (Å²) in [4.78, 5) is 27.3. The largest absolute Gasteiger partial charge is 0.507 e. The quantitative estimate of drug-likeness (QED) is 0.343. The predicted molar refractivity (Wildman–Crippen MR) is 121 cm³/mol. The van der Waals surface area contributed by atoms with Gasteiger partial charge in [-0.05, 0) is 55.3 Å². The molecule has 7 nitrogen and oxygen atoms in total. The van der Waals surface area contributed by atoms with Crippen LogP contribution in [0.5, 0.6) is 11.5 Å². The smallest absolute Gasteiger partial charge is 0.295 e. The van der Waals surface area contributed by atoms with Crippen LogP contribution in [0.1, 0.15) is 37.4 Å². The summed E-state index contributed by atoms with van der Waals surface area (Å²) in [6, 6.07) is 13.3. The lowest BCUT2D eigenvalue weighted by molar-refractivity contribution is -0.140. The van der Waals surface area contributed by atoms with Crippen LogP contribution in [-0.2, 0) is 14.3 Å². The van der Waals surface area contributed by atoms with E-state index in [1.165, 1.54) is 12.0 Å². The van der Waals surface area contributed by atoms with E-state index in [1.807, 2.05) is 32.0 Å². The molecule has 1 aliphatic heterocycles. The summed E-state index contributed by atoms with van der Waals surface area (Å²) in [7, 11) is 1.53. The van der Waals surface area contributed by atoms with Gasteiger partial charge in [0.05, 0.1) is 31.4 Å². The van der Waals surface area contributed by atoms with Crippen molar-refractivity contribution in [1.82, 2.24) is 4.90 Å². The van der Waals surface area contributed by atoms with Gasteiger partial charge in [-0.2, -0.15) is 0 Å². The van der Waals surface area contributed by atoms with E-state index in [2.05, 4.69) is 0 Å². The maximum Gasteiger partial charge on any atom is 0.295 e. The third-order valence-corrected chi connectivity index (χ3v) is 5.16. The molecule has 7 heteroatoms. The summed E-state index contributed by atoms with van der Waals surface area (Å²) >= 11 is 0. The van der Waals surface area contributed by atoms with Crippen molar-refractivity contribution in [2.45, 2.75) is 26.3 Å². The van der Waals surface area contributed by atoms with Crippen molar-refractivity contribution in [2.24, 2.45) is 0 Å². The SMILES string of the molecule is CCCOc1cccc(C2/C(=C(/O)c3ccc(OCC)cc3)C(=O)C(=O)N2CCOC)c1. The van der Waals surface area contributed by atoms with E-state index < -0.39 is 17.7 Å². The molecule has 0 radical (unpaired) electrons. The Morgan fingerprint density at radius 3 is 2.41 bits per heavy atom. The zero-order valence-corrected chi connectivity index (χ0v) is 18.7. The fourth-order valence-corrected chi connectivity index (χ4v) is 3.67. The number of methoxy groups -OCH3 is 1. The average molecular weight is 440 g/mol. The fraction of sp³-hybridized carbons (Fsp3) is 0.360. The van der Waals surface area contributed by atoms with Gasteiger partial charge in [0.25, 0.3) is 11.7 Å². The van der Waals surface area contributed by atoms with Gasteiger partial charge in [-0.1, -0.05) is 19.1 Å². The van der Waals surface area contributed by atoms with E-state index in [9.17, 15) is 14.7 Å². The molecule has 1 aliphatic rings. The fourth-order valence-electron chi connectivity index (χ4n) is 3.67. The molecule has 2 aromatic rings. The van der Waals surface area contributed by atoms with Crippen molar-refractivity contribution in [2.75, 3.05) is 33.5 Å². The van der Waals surface area contributed by atoms with Gasteiger partial charge in [-0.15, -0.1) is 0 Å². The molecular weight excluding hydrogens is 410 g/mol. The summed E-state index contributed by atoms with van der Waals surface area (Å²) in [5, 5.41) is 11.1.